The number of aliphatic hydroxyl groups excluding tert-OH is 1. The second-order valence-corrected chi connectivity index (χ2v) is 3.02. The minimum Gasteiger partial charge on any atom is -0.396 e. The van der Waals surface area contributed by atoms with Crippen LogP contribution in [0.3, 0.4) is 0 Å². The monoisotopic (exact) mass is 203 g/mol. The van der Waals surface area contributed by atoms with E-state index in [1.807, 2.05) is 0 Å². The normalized spacial score (nSPS) is 10.3. The Hall–Kier alpha value is -0.810. The van der Waals surface area contributed by atoms with Crippen LogP contribution in [0.25, 0.3) is 0 Å². The van der Waals surface area contributed by atoms with Gasteiger partial charge >= 0.3 is 6.03 Å². The van der Waals surface area contributed by atoms with E-state index in [0.717, 1.165) is 26.1 Å². The summed E-state index contributed by atoms with van der Waals surface area (Å²) in [5.41, 5.74) is 0. The maximum Gasteiger partial charge on any atom is 0.314 e. The molecule has 0 fully saturated rings. The van der Waals surface area contributed by atoms with Crippen LogP contribution in [0.5, 0.6) is 0 Å². The van der Waals surface area contributed by atoms with Crippen LogP contribution in [0, 0.1) is 0 Å². The van der Waals surface area contributed by atoms with Crippen molar-refractivity contribution in [2.45, 2.75) is 13.3 Å². The van der Waals surface area contributed by atoms with Crippen LogP contribution in [0.1, 0.15) is 13.3 Å². The molecule has 0 spiro atoms. The summed E-state index contributed by atoms with van der Waals surface area (Å²) < 4.78 is 0. The quantitative estimate of drug-likeness (QED) is 0.528. The second-order valence-electron chi connectivity index (χ2n) is 3.02. The van der Waals surface area contributed by atoms with Crippen LogP contribution >= 0.6 is 0 Å². The summed E-state index contributed by atoms with van der Waals surface area (Å²) in [6.45, 7) is 5.57. The number of nitrogens with one attached hydrogen (secondary N) is 2. The Bertz CT molecular complexity index is 153. The van der Waals surface area contributed by atoms with E-state index in [9.17, 15) is 4.79 Å². The Morgan fingerprint density at radius 3 is 2.64 bits per heavy atom. The topological polar surface area (TPSA) is 64.6 Å². The van der Waals surface area contributed by atoms with Gasteiger partial charge in [0.2, 0.25) is 0 Å². The number of likely N-dealkylation sites (N-methyl/N-ethyl adjacent to an activating group) is 1. The molecule has 5 nitrogen and oxygen atoms in total. The van der Waals surface area contributed by atoms with Crippen LogP contribution in [-0.2, 0) is 0 Å². The fourth-order valence-corrected chi connectivity index (χ4v) is 1.14. The molecule has 0 aromatic heterocycles. The van der Waals surface area contributed by atoms with E-state index in [4.69, 9.17) is 5.11 Å². The van der Waals surface area contributed by atoms with Gasteiger partial charge in [-0.2, -0.15) is 0 Å². The van der Waals surface area contributed by atoms with Gasteiger partial charge in [-0.3, -0.25) is 0 Å². The third kappa shape index (κ3) is 6.68. The van der Waals surface area contributed by atoms with Crippen LogP contribution in [0.4, 0.5) is 4.79 Å². The highest BCUT2D eigenvalue weighted by Gasteiger charge is 2.01. The van der Waals surface area contributed by atoms with Gasteiger partial charge in [-0.1, -0.05) is 6.92 Å². The average Bonchev–Trinajstić information content (AvgIpc) is 2.22. The molecule has 3 N–H and O–H groups in total. The molecular formula is C9H21N3O2. The van der Waals surface area contributed by atoms with Gasteiger partial charge in [0.15, 0.2) is 0 Å². The maximum absolute atomic E-state index is 10.8. The highest BCUT2D eigenvalue weighted by molar-refractivity contribution is 5.73. The first-order valence-corrected chi connectivity index (χ1v) is 5.03. The van der Waals surface area contributed by atoms with Gasteiger partial charge in [0.1, 0.15) is 0 Å². The fourth-order valence-electron chi connectivity index (χ4n) is 1.14. The second kappa shape index (κ2) is 8.77. The molecule has 0 rings (SSSR count). The summed E-state index contributed by atoms with van der Waals surface area (Å²) in [7, 11) is 1.60. The summed E-state index contributed by atoms with van der Waals surface area (Å²) in [5.74, 6) is 0. The summed E-state index contributed by atoms with van der Waals surface area (Å²) in [4.78, 5) is 13.0. The van der Waals surface area contributed by atoms with Crippen molar-refractivity contribution in [2.75, 3.05) is 39.8 Å². The minimum atomic E-state index is -0.150. The first kappa shape index (κ1) is 13.2. The lowest BCUT2D eigenvalue weighted by molar-refractivity contribution is 0.224. The number of amides is 2. The molecule has 0 unspecified atom stereocenters. The van der Waals surface area contributed by atoms with Crippen molar-refractivity contribution in [3.05, 3.63) is 0 Å². The molecule has 0 saturated carbocycles. The lowest BCUT2D eigenvalue weighted by atomic mass is 10.4. The number of hydrogen-bond acceptors (Lipinski definition) is 3. The average molecular weight is 203 g/mol. The van der Waals surface area contributed by atoms with Crippen molar-refractivity contribution < 1.29 is 9.90 Å². The van der Waals surface area contributed by atoms with E-state index in [1.165, 1.54) is 0 Å². The SMILES string of the molecule is CCN(CCCO)CCNC(=O)NC. The Balaban J connectivity index is 3.46. The lowest BCUT2D eigenvalue weighted by Crippen LogP contribution is -2.39. The van der Waals surface area contributed by atoms with E-state index in [2.05, 4.69) is 22.5 Å². The number of carbonyl (C=O) groups excluding carboxylic acids is 1. The summed E-state index contributed by atoms with van der Waals surface area (Å²) in [6.07, 6.45) is 0.786. The molecular weight excluding hydrogens is 182 g/mol. The van der Waals surface area contributed by atoms with Gasteiger partial charge < -0.3 is 20.6 Å². The van der Waals surface area contributed by atoms with Gasteiger partial charge in [-0.25, -0.2) is 4.79 Å². The highest BCUT2D eigenvalue weighted by atomic mass is 16.3. The Kier molecular flexibility index (Phi) is 8.27. The number of rotatable bonds is 7. The van der Waals surface area contributed by atoms with Crippen LogP contribution < -0.4 is 10.6 Å². The van der Waals surface area contributed by atoms with E-state index in [1.54, 1.807) is 7.05 Å². The van der Waals surface area contributed by atoms with Crippen molar-refractivity contribution in [1.29, 1.82) is 0 Å². The maximum atomic E-state index is 10.8. The van der Waals surface area contributed by atoms with E-state index < -0.39 is 0 Å². The van der Waals surface area contributed by atoms with E-state index in [0.29, 0.717) is 6.54 Å². The molecule has 0 heterocycles. The molecule has 5 heteroatoms. The van der Waals surface area contributed by atoms with Gasteiger partial charge in [-0.05, 0) is 13.0 Å². The van der Waals surface area contributed by atoms with Gasteiger partial charge in [0.25, 0.3) is 0 Å². The van der Waals surface area contributed by atoms with Crippen molar-refractivity contribution >= 4 is 6.03 Å². The molecule has 0 aromatic rings. The Morgan fingerprint density at radius 1 is 1.43 bits per heavy atom. The van der Waals surface area contributed by atoms with Crippen LogP contribution in [0.15, 0.2) is 0 Å². The van der Waals surface area contributed by atoms with Gasteiger partial charge in [-0.15, -0.1) is 0 Å². The first-order valence-electron chi connectivity index (χ1n) is 5.03. The number of urea groups is 1. The molecule has 0 aliphatic heterocycles. The number of aliphatic hydroxyl groups is 1. The number of nitrogens with zero attached hydrogens (tertiary/aromatic N) is 1. The molecule has 2 amide bonds. The molecule has 0 radical (unpaired) electrons. The zero-order chi connectivity index (χ0) is 10.8. The summed E-state index contributed by atoms with van der Waals surface area (Å²) in [5, 5.41) is 13.9. The van der Waals surface area contributed by atoms with Gasteiger partial charge in [0.05, 0.1) is 0 Å². The number of hydrogen-bond donors (Lipinski definition) is 3. The number of carbonyl (C=O) groups is 1. The van der Waals surface area contributed by atoms with Crippen LogP contribution in [0.2, 0.25) is 0 Å². The molecule has 0 atom stereocenters. The molecule has 84 valence electrons. The van der Waals surface area contributed by atoms with E-state index in [-0.39, 0.29) is 12.6 Å². The standard InChI is InChI=1S/C9H21N3O2/c1-3-12(6-4-8-13)7-5-11-9(14)10-2/h13H,3-8H2,1-2H3,(H2,10,11,14). The largest absolute Gasteiger partial charge is 0.396 e. The molecule has 0 aliphatic carbocycles. The summed E-state index contributed by atoms with van der Waals surface area (Å²) >= 11 is 0. The molecule has 0 bridgehead atoms. The highest BCUT2D eigenvalue weighted by Crippen LogP contribution is 1.89. The molecule has 0 aliphatic rings. The Morgan fingerprint density at radius 2 is 2.14 bits per heavy atom. The fraction of sp³-hybridized carbons (Fsp3) is 0.889. The third-order valence-corrected chi connectivity index (χ3v) is 2.02. The van der Waals surface area contributed by atoms with Gasteiger partial charge in [0, 0.05) is 33.3 Å². The third-order valence-electron chi connectivity index (χ3n) is 2.02. The molecule has 0 saturated heterocycles. The summed E-state index contributed by atoms with van der Waals surface area (Å²) in [6, 6.07) is -0.150. The van der Waals surface area contributed by atoms with Crippen molar-refractivity contribution in [2.24, 2.45) is 0 Å². The predicted molar refractivity (Wildman–Crippen MR) is 56.3 cm³/mol. The van der Waals surface area contributed by atoms with E-state index >= 15 is 0 Å². The zero-order valence-corrected chi connectivity index (χ0v) is 9.05. The smallest absolute Gasteiger partial charge is 0.314 e. The first-order chi connectivity index (χ1) is 6.74. The lowest BCUT2D eigenvalue weighted by Gasteiger charge is -2.19. The van der Waals surface area contributed by atoms with Crippen molar-refractivity contribution in [3.63, 3.8) is 0 Å². The predicted octanol–water partition coefficient (Wildman–Crippen LogP) is -0.380. The zero-order valence-electron chi connectivity index (χ0n) is 9.05. The molecule has 14 heavy (non-hydrogen) atoms. The Labute approximate surface area is 85.5 Å². The minimum absolute atomic E-state index is 0.150. The van der Waals surface area contributed by atoms with Crippen molar-refractivity contribution in [1.82, 2.24) is 15.5 Å². The van der Waals surface area contributed by atoms with Crippen molar-refractivity contribution in [3.8, 4) is 0 Å². The van der Waals surface area contributed by atoms with Crippen LogP contribution in [-0.4, -0.2) is 55.9 Å². The molecule has 0 aromatic carbocycles.